The van der Waals surface area contributed by atoms with E-state index < -0.39 is 25.1 Å². The molecule has 5 nitrogen and oxygen atoms in total. The Morgan fingerprint density at radius 2 is 1.31 bits per heavy atom. The molecule has 0 bridgehead atoms. The van der Waals surface area contributed by atoms with Gasteiger partial charge in [-0.2, -0.15) is 4.31 Å². The number of sulfone groups is 1. The molecule has 0 spiro atoms. The van der Waals surface area contributed by atoms with Crippen LogP contribution in [0.4, 0.5) is 0 Å². The van der Waals surface area contributed by atoms with E-state index in [1.807, 2.05) is 33.8 Å². The van der Waals surface area contributed by atoms with E-state index in [2.05, 4.69) is 0 Å². The van der Waals surface area contributed by atoms with E-state index in [9.17, 15) is 16.8 Å². The fourth-order valence-corrected chi connectivity index (χ4v) is 8.77. The van der Waals surface area contributed by atoms with Crippen LogP contribution in [-0.4, -0.2) is 44.7 Å². The van der Waals surface area contributed by atoms with Crippen molar-refractivity contribution in [2.45, 2.75) is 75.2 Å². The minimum atomic E-state index is -3.66. The second-order valence-electron chi connectivity index (χ2n) is 7.88. The lowest BCUT2D eigenvalue weighted by Crippen LogP contribution is -2.58. The number of benzene rings is 1. The summed E-state index contributed by atoms with van der Waals surface area (Å²) in [5, 5.41) is -0.831. The van der Waals surface area contributed by atoms with Crippen molar-refractivity contribution < 1.29 is 16.8 Å². The van der Waals surface area contributed by atoms with Crippen LogP contribution in [-0.2, 0) is 19.9 Å². The van der Waals surface area contributed by atoms with Crippen LogP contribution in [0.3, 0.4) is 0 Å². The largest absolute Gasteiger partial charge is 0.243 e. The molecule has 2 aliphatic rings. The summed E-state index contributed by atoms with van der Waals surface area (Å²) in [4.78, 5) is 0.350. The number of rotatable bonds is 4. The van der Waals surface area contributed by atoms with Crippen molar-refractivity contribution in [2.24, 2.45) is 0 Å². The second kappa shape index (κ2) is 6.91. The van der Waals surface area contributed by atoms with Crippen molar-refractivity contribution in [3.05, 3.63) is 28.3 Å². The smallest absolute Gasteiger partial charge is 0.228 e. The van der Waals surface area contributed by atoms with Gasteiger partial charge in [-0.3, -0.25) is 0 Å². The highest BCUT2D eigenvalue weighted by Gasteiger charge is 2.47. The van der Waals surface area contributed by atoms with Gasteiger partial charge in [-0.05, 0) is 62.8 Å². The van der Waals surface area contributed by atoms with Gasteiger partial charge in [0.2, 0.25) is 10.0 Å². The minimum absolute atomic E-state index is 0.0903. The zero-order valence-corrected chi connectivity index (χ0v) is 17.7. The Labute approximate surface area is 157 Å². The third kappa shape index (κ3) is 3.22. The molecule has 1 aromatic carbocycles. The molecule has 26 heavy (non-hydrogen) atoms. The predicted octanol–water partition coefficient (Wildman–Crippen LogP) is 3.04. The summed E-state index contributed by atoms with van der Waals surface area (Å²) in [6.45, 7) is 7.65. The summed E-state index contributed by atoms with van der Waals surface area (Å²) in [6, 6.07) is 2.00. The van der Waals surface area contributed by atoms with E-state index in [1.54, 1.807) is 0 Å². The summed E-state index contributed by atoms with van der Waals surface area (Å²) in [5.74, 6) is 0. The molecule has 2 fully saturated rings. The van der Waals surface area contributed by atoms with E-state index in [1.165, 1.54) is 4.31 Å². The van der Waals surface area contributed by atoms with Crippen LogP contribution in [0.2, 0.25) is 0 Å². The number of aryl methyl sites for hydroxylation is 2. The third-order valence-electron chi connectivity index (χ3n) is 6.19. The molecule has 0 N–H and O–H groups in total. The van der Waals surface area contributed by atoms with Crippen molar-refractivity contribution >= 4 is 19.9 Å². The Bertz CT molecular complexity index is 881. The summed E-state index contributed by atoms with van der Waals surface area (Å²) < 4.78 is 53.2. The van der Waals surface area contributed by atoms with Crippen LogP contribution < -0.4 is 0 Å². The van der Waals surface area contributed by atoms with Gasteiger partial charge in [-0.25, -0.2) is 16.8 Å². The average Bonchev–Trinajstić information content (AvgIpc) is 2.52. The molecule has 0 amide bonds. The molecule has 1 saturated carbocycles. The van der Waals surface area contributed by atoms with E-state index in [0.717, 1.165) is 54.4 Å². The van der Waals surface area contributed by atoms with Crippen LogP contribution in [0.1, 0.15) is 54.4 Å². The van der Waals surface area contributed by atoms with Crippen LogP contribution in [0.5, 0.6) is 0 Å². The SMILES string of the molecule is Cc1cc(C)c(C)c(S(=O)(=O)N2CC(S(=O)(=O)C3CCCCC3)C2)c1C. The van der Waals surface area contributed by atoms with Gasteiger partial charge in [-0.1, -0.05) is 25.3 Å². The van der Waals surface area contributed by atoms with Gasteiger partial charge in [0.25, 0.3) is 0 Å². The summed E-state index contributed by atoms with van der Waals surface area (Å²) in [6.07, 6.45) is 4.46. The van der Waals surface area contributed by atoms with Gasteiger partial charge in [0.05, 0.1) is 15.4 Å². The van der Waals surface area contributed by atoms with Crippen LogP contribution in [0.25, 0.3) is 0 Å². The first kappa shape index (κ1) is 19.8. The lowest BCUT2D eigenvalue weighted by atomic mass is 10.0. The molecule has 0 radical (unpaired) electrons. The van der Waals surface area contributed by atoms with Crippen molar-refractivity contribution in [2.75, 3.05) is 13.1 Å². The molecule has 1 aromatic rings. The van der Waals surface area contributed by atoms with E-state index in [-0.39, 0.29) is 18.3 Å². The normalized spacial score (nSPS) is 20.9. The Morgan fingerprint density at radius 1 is 0.808 bits per heavy atom. The molecule has 146 valence electrons. The van der Waals surface area contributed by atoms with E-state index in [4.69, 9.17) is 0 Å². The van der Waals surface area contributed by atoms with Gasteiger partial charge in [0.15, 0.2) is 9.84 Å². The average molecular weight is 400 g/mol. The zero-order valence-electron chi connectivity index (χ0n) is 16.1. The quantitative estimate of drug-likeness (QED) is 0.780. The van der Waals surface area contributed by atoms with Crippen LogP contribution >= 0.6 is 0 Å². The first-order valence-corrected chi connectivity index (χ1v) is 12.4. The predicted molar refractivity (Wildman–Crippen MR) is 104 cm³/mol. The molecule has 0 unspecified atom stereocenters. The Kier molecular flexibility index (Phi) is 5.27. The highest BCUT2D eigenvalue weighted by Crippen LogP contribution is 2.35. The number of sulfonamides is 1. The van der Waals surface area contributed by atoms with Crippen molar-refractivity contribution in [3.63, 3.8) is 0 Å². The molecule has 1 saturated heterocycles. The molecular weight excluding hydrogens is 370 g/mol. The van der Waals surface area contributed by atoms with Gasteiger partial charge >= 0.3 is 0 Å². The summed E-state index contributed by atoms with van der Waals surface area (Å²) in [7, 11) is -6.91. The van der Waals surface area contributed by atoms with Crippen molar-refractivity contribution in [1.29, 1.82) is 0 Å². The van der Waals surface area contributed by atoms with Crippen LogP contribution in [0.15, 0.2) is 11.0 Å². The van der Waals surface area contributed by atoms with E-state index in [0.29, 0.717) is 4.90 Å². The molecule has 1 aliphatic carbocycles. The molecular formula is C19H29NO4S2. The Balaban J connectivity index is 1.83. The Hall–Kier alpha value is -0.920. The minimum Gasteiger partial charge on any atom is -0.228 e. The third-order valence-corrected chi connectivity index (χ3v) is 10.9. The lowest BCUT2D eigenvalue weighted by molar-refractivity contribution is 0.306. The first-order chi connectivity index (χ1) is 12.1. The maximum Gasteiger partial charge on any atom is 0.243 e. The maximum absolute atomic E-state index is 13.1. The number of hydrogen-bond donors (Lipinski definition) is 0. The van der Waals surface area contributed by atoms with Gasteiger partial charge in [0, 0.05) is 13.1 Å². The standard InChI is InChI=1S/C19H29NO4S2/c1-13-10-14(2)16(4)19(15(13)3)26(23,24)20-11-18(12-20)25(21,22)17-8-6-5-7-9-17/h10,17-18H,5-9,11-12H2,1-4H3. The molecule has 1 aliphatic heterocycles. The maximum atomic E-state index is 13.1. The zero-order chi connectivity index (χ0) is 19.3. The number of nitrogens with zero attached hydrogens (tertiary/aromatic N) is 1. The number of hydrogen-bond acceptors (Lipinski definition) is 4. The van der Waals surface area contributed by atoms with Crippen molar-refractivity contribution in [3.8, 4) is 0 Å². The fourth-order valence-electron chi connectivity index (χ4n) is 4.17. The fraction of sp³-hybridized carbons (Fsp3) is 0.684. The van der Waals surface area contributed by atoms with Gasteiger partial charge < -0.3 is 0 Å². The Morgan fingerprint density at radius 3 is 1.81 bits per heavy atom. The van der Waals surface area contributed by atoms with Gasteiger partial charge in [-0.15, -0.1) is 0 Å². The highest BCUT2D eigenvalue weighted by molar-refractivity contribution is 7.93. The first-order valence-electron chi connectivity index (χ1n) is 9.37. The lowest BCUT2D eigenvalue weighted by Gasteiger charge is -2.40. The van der Waals surface area contributed by atoms with Crippen molar-refractivity contribution in [1.82, 2.24) is 4.31 Å². The summed E-state index contributed by atoms with van der Waals surface area (Å²) >= 11 is 0. The second-order valence-corrected chi connectivity index (χ2v) is 12.3. The topological polar surface area (TPSA) is 71.5 Å². The van der Waals surface area contributed by atoms with Crippen LogP contribution in [0, 0.1) is 27.7 Å². The van der Waals surface area contributed by atoms with Gasteiger partial charge in [0.1, 0.15) is 0 Å². The molecule has 0 aromatic heterocycles. The summed E-state index contributed by atoms with van der Waals surface area (Å²) in [5.41, 5.74) is 3.40. The molecule has 0 atom stereocenters. The molecule has 7 heteroatoms. The van der Waals surface area contributed by atoms with E-state index >= 15 is 0 Å². The molecule has 3 rings (SSSR count). The monoisotopic (exact) mass is 399 g/mol. The molecule has 1 heterocycles. The highest BCUT2D eigenvalue weighted by atomic mass is 32.2.